The van der Waals surface area contributed by atoms with Gasteiger partial charge in [-0.25, -0.2) is 0 Å². The Kier molecular flexibility index (Phi) is 6.52. The Bertz CT molecular complexity index is 1010. The summed E-state index contributed by atoms with van der Waals surface area (Å²) in [5, 5.41) is 13.5. The Morgan fingerprint density at radius 3 is 2.07 bits per heavy atom. The average molecular weight is 449 g/mol. The van der Waals surface area contributed by atoms with Gasteiger partial charge in [-0.15, -0.1) is 0 Å². The SMILES string of the molecule is N#C/C(=C/Nc1cc(C(F)(F)F)cc(C(F)(F)F)c1)C(=O)Nc1ccc(N)cc1Cl. The molecule has 0 bridgehead atoms. The van der Waals surface area contributed by atoms with E-state index in [-0.39, 0.29) is 16.8 Å². The first-order valence-corrected chi connectivity index (χ1v) is 8.21. The lowest BCUT2D eigenvalue weighted by Crippen LogP contribution is -2.15. The van der Waals surface area contributed by atoms with E-state index in [2.05, 4.69) is 10.6 Å². The van der Waals surface area contributed by atoms with E-state index in [1.165, 1.54) is 24.3 Å². The highest BCUT2D eigenvalue weighted by Crippen LogP contribution is 2.37. The molecule has 30 heavy (non-hydrogen) atoms. The molecule has 0 unspecified atom stereocenters. The fourth-order valence-corrected chi connectivity index (χ4v) is 2.40. The van der Waals surface area contributed by atoms with Crippen LogP contribution in [0.1, 0.15) is 11.1 Å². The maximum Gasteiger partial charge on any atom is 0.416 e. The van der Waals surface area contributed by atoms with Crippen molar-refractivity contribution in [3.8, 4) is 6.07 Å². The summed E-state index contributed by atoms with van der Waals surface area (Å²) < 4.78 is 77.3. The molecule has 0 heterocycles. The zero-order valence-electron chi connectivity index (χ0n) is 14.6. The van der Waals surface area contributed by atoms with Crippen LogP contribution in [0.4, 0.5) is 43.4 Å². The molecule has 2 rings (SSSR count). The van der Waals surface area contributed by atoms with E-state index < -0.39 is 40.6 Å². The normalized spacial score (nSPS) is 12.3. The second-order valence-electron chi connectivity index (χ2n) is 5.80. The second-order valence-corrected chi connectivity index (χ2v) is 6.21. The van der Waals surface area contributed by atoms with Gasteiger partial charge in [0.05, 0.1) is 21.8 Å². The van der Waals surface area contributed by atoms with Crippen molar-refractivity contribution in [2.45, 2.75) is 12.4 Å². The third kappa shape index (κ3) is 5.81. The van der Waals surface area contributed by atoms with Gasteiger partial charge in [-0.3, -0.25) is 4.79 Å². The lowest BCUT2D eigenvalue weighted by Gasteiger charge is -2.14. The van der Waals surface area contributed by atoms with E-state index in [1.54, 1.807) is 0 Å². The van der Waals surface area contributed by atoms with Gasteiger partial charge in [-0.2, -0.15) is 31.6 Å². The maximum atomic E-state index is 12.9. The number of hydrogen-bond acceptors (Lipinski definition) is 4. The zero-order chi connectivity index (χ0) is 22.7. The molecule has 5 nitrogen and oxygen atoms in total. The van der Waals surface area contributed by atoms with Crippen LogP contribution in [0, 0.1) is 11.3 Å². The largest absolute Gasteiger partial charge is 0.416 e. The Balaban J connectivity index is 2.31. The number of hydrogen-bond donors (Lipinski definition) is 3. The van der Waals surface area contributed by atoms with Crippen LogP contribution in [0.3, 0.4) is 0 Å². The first kappa shape index (κ1) is 22.9. The number of carbonyl (C=O) groups excluding carboxylic acids is 1. The summed E-state index contributed by atoms with van der Waals surface area (Å²) in [7, 11) is 0. The molecule has 0 fully saturated rings. The van der Waals surface area contributed by atoms with Crippen LogP contribution < -0.4 is 16.4 Å². The summed E-state index contributed by atoms with van der Waals surface area (Å²) in [6, 6.07) is 6.35. The minimum absolute atomic E-state index is 0.0457. The van der Waals surface area contributed by atoms with Crippen LogP contribution in [0.2, 0.25) is 5.02 Å². The standard InChI is InChI=1S/C18H11ClF6N4O/c19-14-6-12(27)1-2-15(14)29-16(30)9(7-26)8-28-13-4-10(17(20,21)22)3-11(5-13)18(23,24)25/h1-6,8,28H,27H2,(H,29,30)/b9-8-. The summed E-state index contributed by atoms with van der Waals surface area (Å²) in [4.78, 5) is 12.2. The number of rotatable bonds is 4. The van der Waals surface area contributed by atoms with Gasteiger partial charge in [0, 0.05) is 17.6 Å². The van der Waals surface area contributed by atoms with Crippen molar-refractivity contribution in [3.05, 3.63) is 64.3 Å². The number of anilines is 3. The molecule has 0 aliphatic rings. The molecule has 1 amide bonds. The third-order valence-corrected chi connectivity index (χ3v) is 3.89. The molecule has 12 heteroatoms. The van der Waals surface area contributed by atoms with Crippen molar-refractivity contribution in [1.29, 1.82) is 5.26 Å². The number of halogens is 7. The number of benzene rings is 2. The van der Waals surface area contributed by atoms with E-state index in [1.807, 2.05) is 0 Å². The van der Waals surface area contributed by atoms with Gasteiger partial charge in [0.15, 0.2) is 0 Å². The van der Waals surface area contributed by atoms with Crippen molar-refractivity contribution in [1.82, 2.24) is 0 Å². The van der Waals surface area contributed by atoms with E-state index in [9.17, 15) is 31.1 Å². The molecule has 158 valence electrons. The fraction of sp³-hybridized carbons (Fsp3) is 0.111. The third-order valence-electron chi connectivity index (χ3n) is 3.58. The summed E-state index contributed by atoms with van der Waals surface area (Å²) in [5.74, 6) is -1.00. The Labute approximate surface area is 170 Å². The molecular formula is C18H11ClF6N4O. The molecule has 0 atom stereocenters. The number of nitrogens with two attached hydrogens (primary N) is 1. The van der Waals surface area contributed by atoms with Gasteiger partial charge >= 0.3 is 12.4 Å². The summed E-state index contributed by atoms with van der Waals surface area (Å²) in [6.45, 7) is 0. The van der Waals surface area contributed by atoms with Crippen molar-refractivity contribution in [3.63, 3.8) is 0 Å². The van der Waals surface area contributed by atoms with Crippen LogP contribution in [-0.2, 0) is 17.1 Å². The molecule has 0 saturated heterocycles. The lowest BCUT2D eigenvalue weighted by molar-refractivity contribution is -0.143. The van der Waals surface area contributed by atoms with E-state index in [0.29, 0.717) is 24.0 Å². The number of nitrogen functional groups attached to an aromatic ring is 1. The van der Waals surface area contributed by atoms with Crippen LogP contribution in [-0.4, -0.2) is 5.91 Å². The predicted octanol–water partition coefficient (Wildman–Crippen LogP) is 5.42. The zero-order valence-corrected chi connectivity index (χ0v) is 15.4. The first-order valence-electron chi connectivity index (χ1n) is 7.84. The van der Waals surface area contributed by atoms with Gasteiger partial charge in [-0.1, -0.05) is 11.6 Å². The van der Waals surface area contributed by atoms with Gasteiger partial charge in [0.2, 0.25) is 0 Å². The number of nitriles is 1. The van der Waals surface area contributed by atoms with Crippen molar-refractivity contribution in [2.75, 3.05) is 16.4 Å². The van der Waals surface area contributed by atoms with Gasteiger partial charge in [0.1, 0.15) is 11.6 Å². The summed E-state index contributed by atoms with van der Waals surface area (Å²) in [6.07, 6.45) is -9.40. The Morgan fingerprint density at radius 2 is 1.60 bits per heavy atom. The molecule has 0 aliphatic heterocycles. The molecular weight excluding hydrogens is 438 g/mol. The Hall–Kier alpha value is -3.39. The lowest BCUT2D eigenvalue weighted by atomic mass is 10.1. The van der Waals surface area contributed by atoms with Crippen LogP contribution in [0.25, 0.3) is 0 Å². The van der Waals surface area contributed by atoms with E-state index >= 15 is 0 Å². The first-order chi connectivity index (χ1) is 13.8. The van der Waals surface area contributed by atoms with Crippen LogP contribution >= 0.6 is 11.6 Å². The maximum absolute atomic E-state index is 12.9. The molecule has 0 saturated carbocycles. The fourth-order valence-electron chi connectivity index (χ4n) is 2.16. The second kappa shape index (κ2) is 8.54. The minimum atomic E-state index is -5.04. The Morgan fingerprint density at radius 1 is 1.03 bits per heavy atom. The van der Waals surface area contributed by atoms with Gasteiger partial charge in [-0.05, 0) is 36.4 Å². The molecule has 2 aromatic carbocycles. The topological polar surface area (TPSA) is 90.9 Å². The highest BCUT2D eigenvalue weighted by Gasteiger charge is 2.36. The minimum Gasteiger partial charge on any atom is -0.399 e. The van der Waals surface area contributed by atoms with Crippen LogP contribution in [0.5, 0.6) is 0 Å². The van der Waals surface area contributed by atoms with E-state index in [0.717, 1.165) is 0 Å². The number of amides is 1. The van der Waals surface area contributed by atoms with Crippen molar-refractivity contribution in [2.24, 2.45) is 0 Å². The van der Waals surface area contributed by atoms with Crippen molar-refractivity contribution < 1.29 is 31.1 Å². The highest BCUT2D eigenvalue weighted by atomic mass is 35.5. The van der Waals surface area contributed by atoms with Gasteiger partial charge in [0.25, 0.3) is 5.91 Å². The number of alkyl halides is 6. The molecule has 4 N–H and O–H groups in total. The van der Waals surface area contributed by atoms with Crippen LogP contribution in [0.15, 0.2) is 48.2 Å². The number of carbonyl (C=O) groups is 1. The van der Waals surface area contributed by atoms with Gasteiger partial charge < -0.3 is 16.4 Å². The molecule has 0 radical (unpaired) electrons. The quantitative estimate of drug-likeness (QED) is 0.252. The van der Waals surface area contributed by atoms with E-state index in [4.69, 9.17) is 22.6 Å². The van der Waals surface area contributed by atoms with Crippen molar-refractivity contribution >= 4 is 34.6 Å². The summed E-state index contributed by atoms with van der Waals surface area (Å²) >= 11 is 5.89. The molecule has 0 aromatic heterocycles. The summed E-state index contributed by atoms with van der Waals surface area (Å²) in [5.41, 5.74) is 1.56. The molecule has 0 aliphatic carbocycles. The number of nitrogens with one attached hydrogen (secondary N) is 2. The molecule has 2 aromatic rings. The highest BCUT2D eigenvalue weighted by molar-refractivity contribution is 6.34. The average Bonchev–Trinajstić information content (AvgIpc) is 2.63. The number of nitrogens with zero attached hydrogens (tertiary/aromatic N) is 1. The molecule has 0 spiro atoms. The predicted molar refractivity (Wildman–Crippen MR) is 98.3 cm³/mol. The smallest absolute Gasteiger partial charge is 0.399 e. The monoisotopic (exact) mass is 448 g/mol.